The zero-order valence-electron chi connectivity index (χ0n) is 16.0. The van der Waals surface area contributed by atoms with Crippen molar-refractivity contribution in [1.82, 2.24) is 14.9 Å². The fourth-order valence-corrected chi connectivity index (χ4v) is 3.44. The summed E-state index contributed by atoms with van der Waals surface area (Å²) in [6, 6.07) is 0. The Morgan fingerprint density at radius 3 is 2.40 bits per heavy atom. The minimum absolute atomic E-state index is 0. The summed E-state index contributed by atoms with van der Waals surface area (Å²) in [4.78, 5) is 4.21. The van der Waals surface area contributed by atoms with Crippen LogP contribution in [0.5, 0.6) is 0 Å². The summed E-state index contributed by atoms with van der Waals surface area (Å²) in [6.07, 6.45) is 4.13. The quantitative estimate of drug-likeness (QED) is 0.222. The van der Waals surface area contributed by atoms with Gasteiger partial charge in [-0.3, -0.25) is 4.99 Å². The normalized spacial score (nSPS) is 17.4. The Morgan fingerprint density at radius 1 is 1.24 bits per heavy atom. The van der Waals surface area contributed by atoms with E-state index in [0.717, 1.165) is 44.9 Å². The van der Waals surface area contributed by atoms with E-state index in [1.54, 1.807) is 11.4 Å². The van der Waals surface area contributed by atoms with Gasteiger partial charge in [0, 0.05) is 39.8 Å². The maximum atomic E-state index is 11.5. The molecule has 0 aromatic carbocycles. The van der Waals surface area contributed by atoms with Crippen molar-refractivity contribution in [2.45, 2.75) is 33.1 Å². The molecule has 7 nitrogen and oxygen atoms in total. The lowest BCUT2D eigenvalue weighted by atomic mass is 9.98. The highest BCUT2D eigenvalue weighted by atomic mass is 127. The maximum Gasteiger partial charge on any atom is 0.211 e. The molecule has 0 bridgehead atoms. The molecule has 1 fully saturated rings. The zero-order chi connectivity index (χ0) is 18.0. The van der Waals surface area contributed by atoms with E-state index in [1.165, 1.54) is 6.26 Å². The number of nitrogens with zero attached hydrogens (tertiary/aromatic N) is 2. The van der Waals surface area contributed by atoms with Gasteiger partial charge in [0.25, 0.3) is 0 Å². The predicted octanol–water partition coefficient (Wildman–Crippen LogP) is 1.50. The first-order chi connectivity index (χ1) is 11.3. The highest BCUT2D eigenvalue weighted by molar-refractivity contribution is 14.0. The number of hydrogen-bond donors (Lipinski definition) is 2. The molecular formula is C16H35IN4O3S. The molecule has 0 aromatic rings. The Morgan fingerprint density at radius 2 is 1.88 bits per heavy atom. The van der Waals surface area contributed by atoms with Crippen LogP contribution in [0.4, 0.5) is 0 Å². The summed E-state index contributed by atoms with van der Waals surface area (Å²) in [6.45, 7) is 8.60. The molecule has 0 atom stereocenters. The predicted molar refractivity (Wildman–Crippen MR) is 114 cm³/mol. The zero-order valence-corrected chi connectivity index (χ0v) is 19.1. The highest BCUT2D eigenvalue weighted by Crippen LogP contribution is 2.18. The lowest BCUT2D eigenvalue weighted by Gasteiger charge is -2.30. The van der Waals surface area contributed by atoms with Crippen LogP contribution in [-0.2, 0) is 14.8 Å². The first-order valence-electron chi connectivity index (χ1n) is 8.80. The molecule has 0 amide bonds. The Kier molecular flexibility index (Phi) is 13.0. The van der Waals surface area contributed by atoms with E-state index in [9.17, 15) is 8.42 Å². The fourth-order valence-electron chi connectivity index (χ4n) is 2.57. The van der Waals surface area contributed by atoms with Crippen LogP contribution in [0.2, 0.25) is 0 Å². The molecule has 25 heavy (non-hydrogen) atoms. The van der Waals surface area contributed by atoms with Crippen LogP contribution in [0, 0.1) is 11.8 Å². The lowest BCUT2D eigenvalue weighted by Crippen LogP contribution is -2.44. The summed E-state index contributed by atoms with van der Waals surface area (Å²) < 4.78 is 30.1. The van der Waals surface area contributed by atoms with Crippen molar-refractivity contribution in [2.24, 2.45) is 16.8 Å². The van der Waals surface area contributed by atoms with E-state index >= 15 is 0 Å². The van der Waals surface area contributed by atoms with Gasteiger partial charge in [-0.15, -0.1) is 24.0 Å². The second-order valence-corrected chi connectivity index (χ2v) is 8.76. The van der Waals surface area contributed by atoms with Crippen molar-refractivity contribution in [3.63, 3.8) is 0 Å². The van der Waals surface area contributed by atoms with Gasteiger partial charge in [0.2, 0.25) is 10.0 Å². The van der Waals surface area contributed by atoms with Crippen LogP contribution in [-0.4, -0.2) is 71.4 Å². The molecule has 1 heterocycles. The summed E-state index contributed by atoms with van der Waals surface area (Å²) in [5.41, 5.74) is 0. The smallest absolute Gasteiger partial charge is 0.211 e. The van der Waals surface area contributed by atoms with E-state index in [4.69, 9.17) is 4.74 Å². The molecule has 150 valence electrons. The van der Waals surface area contributed by atoms with Crippen molar-refractivity contribution in [2.75, 3.05) is 52.7 Å². The van der Waals surface area contributed by atoms with Gasteiger partial charge in [-0.25, -0.2) is 12.7 Å². The third-order valence-electron chi connectivity index (χ3n) is 4.20. The second-order valence-electron chi connectivity index (χ2n) is 6.78. The van der Waals surface area contributed by atoms with Crippen LogP contribution < -0.4 is 10.6 Å². The van der Waals surface area contributed by atoms with E-state index in [2.05, 4.69) is 29.5 Å². The van der Waals surface area contributed by atoms with Crippen molar-refractivity contribution in [3.8, 4) is 0 Å². The number of rotatable bonds is 9. The molecule has 1 aliphatic heterocycles. The van der Waals surface area contributed by atoms with Gasteiger partial charge in [-0.05, 0) is 31.1 Å². The molecule has 1 rings (SSSR count). The number of ether oxygens (including phenoxy) is 1. The Labute approximate surface area is 170 Å². The van der Waals surface area contributed by atoms with Crippen LogP contribution >= 0.6 is 24.0 Å². The first kappa shape index (κ1) is 24.9. The molecule has 0 saturated carbocycles. The number of hydrogen-bond acceptors (Lipinski definition) is 4. The largest absolute Gasteiger partial charge is 0.380 e. The number of sulfonamides is 1. The summed E-state index contributed by atoms with van der Waals surface area (Å²) >= 11 is 0. The number of piperidine rings is 1. The standard InChI is InChI=1S/C16H34N4O3S.HI/c1-14(2)7-11-23-12-8-18-16(17-3)19-13-15-5-9-20(10-6-15)24(4,21)22;/h14-15H,5-13H2,1-4H3,(H2,17,18,19);1H. The number of guanidine groups is 1. The van der Waals surface area contributed by atoms with Gasteiger partial charge in [0.05, 0.1) is 12.9 Å². The molecule has 2 N–H and O–H groups in total. The lowest BCUT2D eigenvalue weighted by molar-refractivity contribution is 0.128. The summed E-state index contributed by atoms with van der Waals surface area (Å²) in [7, 11) is -1.30. The van der Waals surface area contributed by atoms with Crippen molar-refractivity contribution in [1.29, 1.82) is 0 Å². The SMILES string of the molecule is CN=C(NCCOCCC(C)C)NCC1CCN(S(C)(=O)=O)CC1.I. The van der Waals surface area contributed by atoms with Gasteiger partial charge in [0.1, 0.15) is 0 Å². The molecule has 0 unspecified atom stereocenters. The molecule has 1 saturated heterocycles. The molecule has 0 radical (unpaired) electrons. The van der Waals surface area contributed by atoms with Gasteiger partial charge >= 0.3 is 0 Å². The molecule has 0 aromatic heterocycles. The van der Waals surface area contributed by atoms with Crippen LogP contribution in [0.25, 0.3) is 0 Å². The Bertz CT molecular complexity index is 478. The van der Waals surface area contributed by atoms with E-state index in [1.807, 2.05) is 0 Å². The molecule has 1 aliphatic rings. The summed E-state index contributed by atoms with van der Waals surface area (Å²) in [5.74, 6) is 1.92. The monoisotopic (exact) mass is 490 g/mol. The molecular weight excluding hydrogens is 455 g/mol. The van der Waals surface area contributed by atoms with Crippen LogP contribution in [0.15, 0.2) is 4.99 Å². The fraction of sp³-hybridized carbons (Fsp3) is 0.938. The minimum Gasteiger partial charge on any atom is -0.380 e. The van der Waals surface area contributed by atoms with E-state index < -0.39 is 10.0 Å². The highest BCUT2D eigenvalue weighted by Gasteiger charge is 2.24. The minimum atomic E-state index is -3.05. The topological polar surface area (TPSA) is 83.0 Å². The third kappa shape index (κ3) is 11.2. The van der Waals surface area contributed by atoms with Crippen molar-refractivity contribution >= 4 is 40.0 Å². The van der Waals surface area contributed by atoms with Gasteiger partial charge in [0.15, 0.2) is 5.96 Å². The second kappa shape index (κ2) is 13.1. The number of halogens is 1. The Balaban J connectivity index is 0.00000576. The van der Waals surface area contributed by atoms with Crippen molar-refractivity contribution < 1.29 is 13.2 Å². The van der Waals surface area contributed by atoms with Gasteiger partial charge in [-0.2, -0.15) is 0 Å². The van der Waals surface area contributed by atoms with Gasteiger partial charge < -0.3 is 15.4 Å². The summed E-state index contributed by atoms with van der Waals surface area (Å²) in [5, 5.41) is 6.55. The van der Waals surface area contributed by atoms with Gasteiger partial charge in [-0.1, -0.05) is 13.8 Å². The molecule has 9 heteroatoms. The molecule has 0 aliphatic carbocycles. The average Bonchev–Trinajstić information content (AvgIpc) is 2.52. The number of aliphatic imine (C=N–C) groups is 1. The van der Waals surface area contributed by atoms with Crippen LogP contribution in [0.3, 0.4) is 0 Å². The third-order valence-corrected chi connectivity index (χ3v) is 5.51. The Hall–Kier alpha value is -0.130. The average molecular weight is 490 g/mol. The van der Waals surface area contributed by atoms with Crippen LogP contribution in [0.1, 0.15) is 33.1 Å². The van der Waals surface area contributed by atoms with E-state index in [-0.39, 0.29) is 24.0 Å². The first-order valence-corrected chi connectivity index (χ1v) is 10.6. The molecule has 0 spiro atoms. The maximum absolute atomic E-state index is 11.5. The van der Waals surface area contributed by atoms with Crippen molar-refractivity contribution in [3.05, 3.63) is 0 Å². The van der Waals surface area contributed by atoms with E-state index in [0.29, 0.717) is 31.5 Å². The number of nitrogens with one attached hydrogen (secondary N) is 2.